The van der Waals surface area contributed by atoms with Crippen LogP contribution in [0.25, 0.3) is 0 Å². The molecular formula is C17H21N2O6+. The maximum atomic E-state index is 12.7. The van der Waals surface area contributed by atoms with Crippen LogP contribution in [0.1, 0.15) is 18.5 Å². The molecule has 2 saturated heterocycles. The van der Waals surface area contributed by atoms with Gasteiger partial charge in [0.15, 0.2) is 11.5 Å². The number of benzene rings is 1. The smallest absolute Gasteiger partial charge is 0.368 e. The summed E-state index contributed by atoms with van der Waals surface area (Å²) in [6, 6.07) is 4.28. The van der Waals surface area contributed by atoms with Crippen LogP contribution >= 0.6 is 0 Å². The summed E-state index contributed by atoms with van der Waals surface area (Å²) in [4.78, 5) is 38.7. The predicted octanol–water partition coefficient (Wildman–Crippen LogP) is -0.818. The van der Waals surface area contributed by atoms with Gasteiger partial charge in [-0.3, -0.25) is 14.5 Å². The Morgan fingerprint density at radius 1 is 1.28 bits per heavy atom. The van der Waals surface area contributed by atoms with Crippen LogP contribution in [0.4, 0.5) is 0 Å². The number of carbonyl (C=O) groups is 3. The largest absolute Gasteiger partial charge is 0.504 e. The molecule has 2 aliphatic rings. The molecule has 2 amide bonds. The average molecular weight is 349 g/mol. The Labute approximate surface area is 144 Å². The summed E-state index contributed by atoms with van der Waals surface area (Å²) in [5.74, 6) is -2.50. The molecule has 1 aromatic rings. The number of hydrogen-bond acceptors (Lipinski definition) is 6. The van der Waals surface area contributed by atoms with Crippen LogP contribution in [0.3, 0.4) is 0 Å². The summed E-state index contributed by atoms with van der Waals surface area (Å²) in [6.45, 7) is 1.62. The molecule has 2 heterocycles. The van der Waals surface area contributed by atoms with E-state index in [0.717, 1.165) is 4.90 Å². The van der Waals surface area contributed by atoms with Crippen molar-refractivity contribution in [3.8, 4) is 11.5 Å². The molecule has 0 radical (unpaired) electrons. The normalized spacial score (nSPS) is 31.2. The van der Waals surface area contributed by atoms with E-state index in [1.54, 1.807) is 24.4 Å². The maximum Gasteiger partial charge on any atom is 0.368 e. The fourth-order valence-corrected chi connectivity index (χ4v) is 4.03. The molecule has 2 fully saturated rings. The van der Waals surface area contributed by atoms with E-state index in [2.05, 4.69) is 0 Å². The summed E-state index contributed by atoms with van der Waals surface area (Å²) in [6.07, 6.45) is 0. The minimum atomic E-state index is -1.20. The van der Waals surface area contributed by atoms with Gasteiger partial charge in [0.2, 0.25) is 17.4 Å². The second-order valence-corrected chi connectivity index (χ2v) is 6.64. The van der Waals surface area contributed by atoms with E-state index in [4.69, 9.17) is 9.47 Å². The molecule has 0 saturated carbocycles. The van der Waals surface area contributed by atoms with Gasteiger partial charge < -0.3 is 19.9 Å². The van der Waals surface area contributed by atoms with Crippen LogP contribution in [0, 0.1) is 11.8 Å². The Hall–Kier alpha value is -2.61. The lowest BCUT2D eigenvalue weighted by Crippen LogP contribution is -2.97. The highest BCUT2D eigenvalue weighted by Gasteiger charge is 2.70. The molecule has 25 heavy (non-hydrogen) atoms. The van der Waals surface area contributed by atoms with Crippen molar-refractivity contribution >= 4 is 17.8 Å². The molecule has 8 nitrogen and oxygen atoms in total. The summed E-state index contributed by atoms with van der Waals surface area (Å²) >= 11 is 0. The Bertz CT molecular complexity index is 764. The number of phenolic OH excluding ortho intramolecular Hbond substituents is 1. The minimum absolute atomic E-state index is 0.0255. The number of amides is 2. The van der Waals surface area contributed by atoms with E-state index < -0.39 is 29.4 Å². The molecule has 0 aliphatic carbocycles. The number of aromatic hydroxyl groups is 1. The third-order valence-electron chi connectivity index (χ3n) is 5.34. The number of phenols is 1. The zero-order valence-electron chi connectivity index (χ0n) is 14.5. The molecule has 0 bridgehead atoms. The number of rotatable bonds is 3. The highest BCUT2D eigenvalue weighted by Crippen LogP contribution is 2.44. The van der Waals surface area contributed by atoms with Crippen LogP contribution in [0.15, 0.2) is 18.2 Å². The first-order valence-corrected chi connectivity index (χ1v) is 7.89. The van der Waals surface area contributed by atoms with E-state index in [-0.39, 0.29) is 23.3 Å². The lowest BCUT2D eigenvalue weighted by molar-refractivity contribution is -0.731. The third-order valence-corrected chi connectivity index (χ3v) is 5.34. The van der Waals surface area contributed by atoms with Crippen molar-refractivity contribution in [3.05, 3.63) is 23.8 Å². The number of likely N-dealkylation sites (tertiary alicyclic amines) is 1. The van der Waals surface area contributed by atoms with Gasteiger partial charge in [-0.2, -0.15) is 0 Å². The summed E-state index contributed by atoms with van der Waals surface area (Å²) in [5, 5.41) is 11.5. The highest BCUT2D eigenvalue weighted by molar-refractivity contribution is 6.08. The number of nitrogens with zero attached hydrogens (tertiary/aromatic N) is 1. The van der Waals surface area contributed by atoms with Gasteiger partial charge in [0.1, 0.15) is 17.9 Å². The first-order valence-electron chi connectivity index (χ1n) is 7.89. The molecule has 4 atom stereocenters. The Balaban J connectivity index is 2.11. The Morgan fingerprint density at radius 2 is 1.96 bits per heavy atom. The summed E-state index contributed by atoms with van der Waals surface area (Å²) in [5.41, 5.74) is -0.513. The van der Waals surface area contributed by atoms with Gasteiger partial charge in [-0.05, 0) is 18.2 Å². The number of carbonyl (C=O) groups excluding carboxylic acids is 3. The number of nitrogens with two attached hydrogens (primary N) is 1. The lowest BCUT2D eigenvalue weighted by Gasteiger charge is -2.24. The van der Waals surface area contributed by atoms with E-state index >= 15 is 0 Å². The van der Waals surface area contributed by atoms with Gasteiger partial charge in [0, 0.05) is 19.5 Å². The summed E-state index contributed by atoms with van der Waals surface area (Å²) in [7, 11) is 4.12. The second kappa shape index (κ2) is 5.73. The monoisotopic (exact) mass is 349 g/mol. The number of ether oxygens (including phenoxy) is 2. The molecule has 8 heteroatoms. The maximum absolute atomic E-state index is 12.7. The van der Waals surface area contributed by atoms with E-state index in [0.29, 0.717) is 5.56 Å². The van der Waals surface area contributed by atoms with Gasteiger partial charge in [-0.1, -0.05) is 0 Å². The third kappa shape index (κ3) is 2.28. The van der Waals surface area contributed by atoms with Crippen molar-refractivity contribution in [3.63, 3.8) is 0 Å². The SMILES string of the molecule is COC(=O)[C@@]1(C)[NH2+][C@@H](c2ccc(O)c(OC)c2)[C@H]2C(=O)N(C)C(=O)[C@H]21. The second-order valence-electron chi connectivity index (χ2n) is 6.64. The fourth-order valence-electron chi connectivity index (χ4n) is 4.03. The van der Waals surface area contributed by atoms with Crippen LogP contribution in [-0.4, -0.2) is 54.6 Å². The van der Waals surface area contributed by atoms with Gasteiger partial charge in [0.25, 0.3) is 0 Å². The van der Waals surface area contributed by atoms with E-state index in [1.807, 2.05) is 0 Å². The quantitative estimate of drug-likeness (QED) is 0.545. The molecule has 0 spiro atoms. The molecule has 1 aromatic carbocycles. The first-order chi connectivity index (χ1) is 11.8. The number of fused-ring (bicyclic) bond motifs is 1. The van der Waals surface area contributed by atoms with Crippen molar-refractivity contribution in [2.24, 2.45) is 11.8 Å². The van der Waals surface area contributed by atoms with E-state index in [1.165, 1.54) is 27.3 Å². The lowest BCUT2D eigenvalue weighted by atomic mass is 9.80. The predicted molar refractivity (Wildman–Crippen MR) is 84.5 cm³/mol. The van der Waals surface area contributed by atoms with Crippen molar-refractivity contribution in [1.82, 2.24) is 4.90 Å². The zero-order chi connectivity index (χ0) is 18.5. The van der Waals surface area contributed by atoms with Crippen molar-refractivity contribution in [1.29, 1.82) is 0 Å². The molecule has 134 valence electrons. The molecule has 3 N–H and O–H groups in total. The number of imide groups is 1. The van der Waals surface area contributed by atoms with Crippen molar-refractivity contribution < 1.29 is 34.3 Å². The van der Waals surface area contributed by atoms with Gasteiger partial charge in [-0.25, -0.2) is 4.79 Å². The Morgan fingerprint density at radius 3 is 2.56 bits per heavy atom. The average Bonchev–Trinajstić information content (AvgIpc) is 3.04. The van der Waals surface area contributed by atoms with Crippen molar-refractivity contribution in [2.75, 3.05) is 21.3 Å². The van der Waals surface area contributed by atoms with Crippen LogP contribution < -0.4 is 10.1 Å². The number of methoxy groups -OCH3 is 2. The standard InChI is InChI=1S/C17H20N2O6/c1-17(16(23)25-4)12-11(14(21)19(2)15(12)22)13(18-17)8-5-6-9(20)10(7-8)24-3/h5-7,11-13,18,20H,1-4H3/p+1/t11-,12-,13-,17-/m0/s1. The number of quaternary nitrogens is 1. The van der Waals surface area contributed by atoms with Gasteiger partial charge in [0.05, 0.1) is 14.2 Å². The topological polar surface area (TPSA) is 110 Å². The minimum Gasteiger partial charge on any atom is -0.504 e. The number of hydrogen-bond donors (Lipinski definition) is 2. The van der Waals surface area contributed by atoms with Crippen molar-refractivity contribution in [2.45, 2.75) is 18.5 Å². The molecule has 0 unspecified atom stereocenters. The highest BCUT2D eigenvalue weighted by atomic mass is 16.5. The fraction of sp³-hybridized carbons (Fsp3) is 0.471. The van der Waals surface area contributed by atoms with E-state index in [9.17, 15) is 19.5 Å². The first kappa shape index (κ1) is 17.2. The van der Waals surface area contributed by atoms with Crippen LogP contribution in [0.2, 0.25) is 0 Å². The van der Waals surface area contributed by atoms with Crippen LogP contribution in [0.5, 0.6) is 11.5 Å². The Kier molecular flexibility index (Phi) is 3.95. The zero-order valence-corrected chi connectivity index (χ0v) is 14.5. The molecule has 2 aliphatic heterocycles. The molecular weight excluding hydrogens is 328 g/mol. The molecule has 0 aromatic heterocycles. The number of esters is 1. The summed E-state index contributed by atoms with van der Waals surface area (Å²) < 4.78 is 10.0. The van der Waals surface area contributed by atoms with Gasteiger partial charge in [-0.15, -0.1) is 0 Å². The molecule has 3 rings (SSSR count). The van der Waals surface area contributed by atoms with Gasteiger partial charge >= 0.3 is 5.97 Å². The van der Waals surface area contributed by atoms with Crippen LogP contribution in [-0.2, 0) is 19.1 Å².